The van der Waals surface area contributed by atoms with Crippen LogP contribution in [0.4, 0.5) is 0 Å². The summed E-state index contributed by atoms with van der Waals surface area (Å²) in [6, 6.07) is 11.8. The van der Waals surface area contributed by atoms with Gasteiger partial charge in [-0.25, -0.2) is 4.79 Å². The van der Waals surface area contributed by atoms with Gasteiger partial charge in [0.1, 0.15) is 11.5 Å². The number of nitrogens with zero attached hydrogens (tertiary/aromatic N) is 4. The first-order valence-corrected chi connectivity index (χ1v) is 9.53. The van der Waals surface area contributed by atoms with Gasteiger partial charge in [-0.3, -0.25) is 4.79 Å². The van der Waals surface area contributed by atoms with E-state index in [1.54, 1.807) is 17.8 Å². The zero-order valence-corrected chi connectivity index (χ0v) is 15.2. The molecule has 130 valence electrons. The summed E-state index contributed by atoms with van der Waals surface area (Å²) in [5.74, 6) is 0.496. The van der Waals surface area contributed by atoms with Crippen LogP contribution in [0.1, 0.15) is 5.56 Å². The average Bonchev–Trinajstić information content (AvgIpc) is 3.24. The van der Waals surface area contributed by atoms with E-state index in [1.807, 2.05) is 18.4 Å². The number of carbonyl (C=O) groups is 1. The van der Waals surface area contributed by atoms with Gasteiger partial charge in [0.25, 0.3) is 0 Å². The number of hydrogen-bond acceptors (Lipinski definition) is 6. The highest BCUT2D eigenvalue weighted by Gasteiger charge is 2.12. The first-order valence-electron chi connectivity index (χ1n) is 7.66. The summed E-state index contributed by atoms with van der Waals surface area (Å²) in [6.45, 7) is 2.43. The molecule has 9 heteroatoms. The summed E-state index contributed by atoms with van der Waals surface area (Å²) in [6.07, 6.45) is 0. The number of carbonyl (C=O) groups excluding carboxylic acids is 1. The molecule has 0 saturated carbocycles. The van der Waals surface area contributed by atoms with E-state index in [1.165, 1.54) is 21.6 Å². The summed E-state index contributed by atoms with van der Waals surface area (Å²) in [5.41, 5.74) is 0.797. The average molecular weight is 375 g/mol. The predicted molar refractivity (Wildman–Crippen MR) is 98.4 cm³/mol. The lowest BCUT2D eigenvalue weighted by Gasteiger charge is -2.05. The van der Waals surface area contributed by atoms with Gasteiger partial charge in [-0.1, -0.05) is 17.7 Å². The molecule has 0 aliphatic rings. The molecule has 0 spiro atoms. The van der Waals surface area contributed by atoms with E-state index in [0.29, 0.717) is 11.5 Å². The second-order valence-electron chi connectivity index (χ2n) is 5.29. The van der Waals surface area contributed by atoms with Gasteiger partial charge < -0.3 is 5.32 Å². The van der Waals surface area contributed by atoms with Crippen LogP contribution in [0.5, 0.6) is 0 Å². The quantitative estimate of drug-likeness (QED) is 0.502. The second-order valence-corrected chi connectivity index (χ2v) is 7.39. The monoisotopic (exact) mass is 375 g/mol. The number of aromatic nitrogens is 4. The number of tetrazole rings is 1. The van der Waals surface area contributed by atoms with Crippen molar-refractivity contribution in [1.82, 2.24) is 25.1 Å². The third kappa shape index (κ3) is 4.58. The molecule has 7 nitrogen and oxygen atoms in total. The first-order chi connectivity index (χ1) is 12.1. The van der Waals surface area contributed by atoms with Crippen molar-refractivity contribution in [3.63, 3.8) is 0 Å². The molecule has 25 heavy (non-hydrogen) atoms. The van der Waals surface area contributed by atoms with Crippen molar-refractivity contribution < 1.29 is 4.79 Å². The van der Waals surface area contributed by atoms with Gasteiger partial charge in [0.05, 0.1) is 0 Å². The van der Waals surface area contributed by atoms with Crippen LogP contribution in [0.15, 0.2) is 51.5 Å². The molecule has 2 heterocycles. The van der Waals surface area contributed by atoms with Gasteiger partial charge in [-0.05, 0) is 47.0 Å². The number of nitrogens with one attached hydrogen (secondary N) is 1. The molecule has 3 aromatic rings. The molecule has 0 aliphatic heterocycles. The van der Waals surface area contributed by atoms with Crippen molar-refractivity contribution in [1.29, 1.82) is 0 Å². The zero-order chi connectivity index (χ0) is 17.6. The van der Waals surface area contributed by atoms with Crippen LogP contribution in [0, 0.1) is 6.92 Å². The van der Waals surface area contributed by atoms with Crippen LogP contribution >= 0.6 is 23.1 Å². The normalized spacial score (nSPS) is 10.8. The Balaban J connectivity index is 1.47. The molecule has 0 unspecified atom stereocenters. The van der Waals surface area contributed by atoms with Crippen LogP contribution in [0.25, 0.3) is 5.00 Å². The highest BCUT2D eigenvalue weighted by Crippen LogP contribution is 2.17. The molecule has 3 rings (SSSR count). The van der Waals surface area contributed by atoms with Crippen LogP contribution in [-0.4, -0.2) is 38.0 Å². The fraction of sp³-hybridized carbons (Fsp3) is 0.250. The van der Waals surface area contributed by atoms with Crippen molar-refractivity contribution in [2.75, 3.05) is 12.3 Å². The topological polar surface area (TPSA) is 81.8 Å². The van der Waals surface area contributed by atoms with E-state index in [4.69, 9.17) is 0 Å². The summed E-state index contributed by atoms with van der Waals surface area (Å²) in [7, 11) is 0. The maximum Gasteiger partial charge on any atom is 0.369 e. The Labute approximate surface area is 152 Å². The van der Waals surface area contributed by atoms with Crippen molar-refractivity contribution >= 4 is 29.0 Å². The number of benzene rings is 1. The molecule has 1 amide bonds. The molecular formula is C16H17N5O2S2. The Morgan fingerprint density at radius 1 is 1.24 bits per heavy atom. The van der Waals surface area contributed by atoms with Gasteiger partial charge in [0.2, 0.25) is 5.91 Å². The molecular weight excluding hydrogens is 358 g/mol. The third-order valence-electron chi connectivity index (χ3n) is 3.36. The van der Waals surface area contributed by atoms with E-state index < -0.39 is 5.69 Å². The highest BCUT2D eigenvalue weighted by atomic mass is 32.2. The van der Waals surface area contributed by atoms with Crippen molar-refractivity contribution in [3.8, 4) is 5.00 Å². The van der Waals surface area contributed by atoms with Crippen molar-refractivity contribution in [3.05, 3.63) is 57.8 Å². The fourth-order valence-electron chi connectivity index (χ4n) is 2.09. The number of thiophene rings is 1. The lowest BCUT2D eigenvalue weighted by molar-refractivity contribution is -0.121. The molecule has 0 saturated heterocycles. The number of amides is 1. The van der Waals surface area contributed by atoms with Crippen molar-refractivity contribution in [2.24, 2.45) is 0 Å². The summed E-state index contributed by atoms with van der Waals surface area (Å²) in [5, 5.41) is 12.9. The molecule has 0 bridgehead atoms. The molecule has 1 aromatic carbocycles. The Kier molecular flexibility index (Phi) is 5.67. The van der Waals surface area contributed by atoms with Gasteiger partial charge in [0, 0.05) is 17.2 Å². The Morgan fingerprint density at radius 3 is 2.76 bits per heavy atom. The van der Waals surface area contributed by atoms with E-state index in [9.17, 15) is 9.59 Å². The van der Waals surface area contributed by atoms with Crippen LogP contribution < -0.4 is 11.0 Å². The largest absolute Gasteiger partial charge is 0.369 e. The first kappa shape index (κ1) is 17.4. The van der Waals surface area contributed by atoms with Gasteiger partial charge in [-0.2, -0.15) is 9.36 Å². The molecule has 0 fully saturated rings. The van der Waals surface area contributed by atoms with Crippen LogP contribution in [0.3, 0.4) is 0 Å². The number of aryl methyl sites for hydroxylation is 1. The number of hydrogen-bond donors (Lipinski definition) is 1. The van der Waals surface area contributed by atoms with Gasteiger partial charge in [-0.15, -0.1) is 23.1 Å². The number of rotatable bonds is 7. The fourth-order valence-corrected chi connectivity index (χ4v) is 3.52. The smallest absolute Gasteiger partial charge is 0.354 e. The summed E-state index contributed by atoms with van der Waals surface area (Å²) >= 11 is 3.05. The molecule has 0 aliphatic carbocycles. The number of thioether (sulfide) groups is 1. The van der Waals surface area contributed by atoms with Crippen LogP contribution in [0.2, 0.25) is 0 Å². The maximum atomic E-state index is 12.2. The SMILES string of the molecule is Cc1ccc(SCCNC(=O)Cn2nnn(-c3cccs3)c2=O)cc1. The van der Waals surface area contributed by atoms with E-state index in [2.05, 4.69) is 40.0 Å². The summed E-state index contributed by atoms with van der Waals surface area (Å²) < 4.78 is 2.24. The van der Waals surface area contributed by atoms with Gasteiger partial charge >= 0.3 is 5.69 Å². The summed E-state index contributed by atoms with van der Waals surface area (Å²) in [4.78, 5) is 25.3. The molecule has 1 N–H and O–H groups in total. The minimum Gasteiger partial charge on any atom is -0.354 e. The maximum absolute atomic E-state index is 12.2. The van der Waals surface area contributed by atoms with E-state index in [-0.39, 0.29) is 12.5 Å². The molecule has 2 aromatic heterocycles. The second kappa shape index (κ2) is 8.13. The third-order valence-corrected chi connectivity index (χ3v) is 5.22. The van der Waals surface area contributed by atoms with Gasteiger partial charge in [0.15, 0.2) is 0 Å². The zero-order valence-electron chi connectivity index (χ0n) is 13.6. The minimum atomic E-state index is -0.424. The minimum absolute atomic E-state index is 0.139. The molecule has 0 atom stereocenters. The standard InChI is InChI=1S/C16H17N5O2S2/c1-12-4-6-13(7-5-12)24-10-8-17-14(22)11-20-16(23)21(19-18-20)15-3-2-9-25-15/h2-7,9H,8,10-11H2,1H3,(H,17,22). The molecule has 0 radical (unpaired) electrons. The van der Waals surface area contributed by atoms with Crippen molar-refractivity contribution in [2.45, 2.75) is 18.4 Å². The predicted octanol–water partition coefficient (Wildman–Crippen LogP) is 1.71. The lowest BCUT2D eigenvalue weighted by Crippen LogP contribution is -2.34. The Hall–Kier alpha value is -2.39. The van der Waals surface area contributed by atoms with E-state index >= 15 is 0 Å². The Morgan fingerprint density at radius 2 is 2.04 bits per heavy atom. The Bertz CT molecular complexity index is 884. The highest BCUT2D eigenvalue weighted by molar-refractivity contribution is 7.99. The lowest BCUT2D eigenvalue weighted by atomic mass is 10.2. The van der Waals surface area contributed by atoms with Crippen LogP contribution in [-0.2, 0) is 11.3 Å². The van der Waals surface area contributed by atoms with E-state index in [0.717, 1.165) is 15.3 Å².